The second-order valence-corrected chi connectivity index (χ2v) is 5.77. The van der Waals surface area contributed by atoms with Gasteiger partial charge in [0.2, 0.25) is 0 Å². The summed E-state index contributed by atoms with van der Waals surface area (Å²) in [5.41, 5.74) is 0. The standard InChI is InChI=1S/C12H18O2/c13-8-3-4-9-10-6-1-2-7(5-6)11(10)12(8)14-9/h6-13H,1-5H2/t6-,7+,8-,9-,10-,11-,12+/m0/s1. The van der Waals surface area contributed by atoms with Crippen molar-refractivity contribution in [1.29, 1.82) is 0 Å². The summed E-state index contributed by atoms with van der Waals surface area (Å²) in [5.74, 6) is 3.41. The third-order valence-corrected chi connectivity index (χ3v) is 5.31. The number of ether oxygens (including phenoxy) is 1. The Morgan fingerprint density at radius 2 is 1.71 bits per heavy atom. The molecule has 0 spiro atoms. The van der Waals surface area contributed by atoms with Crippen molar-refractivity contribution in [1.82, 2.24) is 0 Å². The quantitative estimate of drug-likeness (QED) is 0.634. The summed E-state index contributed by atoms with van der Waals surface area (Å²) in [7, 11) is 0. The van der Waals surface area contributed by atoms with Crippen LogP contribution in [0.5, 0.6) is 0 Å². The highest BCUT2D eigenvalue weighted by atomic mass is 16.5. The molecule has 0 aromatic heterocycles. The molecule has 0 radical (unpaired) electrons. The third kappa shape index (κ3) is 0.809. The summed E-state index contributed by atoms with van der Waals surface area (Å²) in [4.78, 5) is 0. The molecular weight excluding hydrogens is 176 g/mol. The molecule has 2 aliphatic heterocycles. The van der Waals surface area contributed by atoms with Gasteiger partial charge in [0.1, 0.15) is 0 Å². The van der Waals surface area contributed by atoms with E-state index < -0.39 is 0 Å². The number of aliphatic hydroxyl groups is 1. The fourth-order valence-corrected chi connectivity index (χ4v) is 4.91. The van der Waals surface area contributed by atoms with E-state index in [1.807, 2.05) is 0 Å². The van der Waals surface area contributed by atoms with Crippen LogP contribution in [0.15, 0.2) is 0 Å². The van der Waals surface area contributed by atoms with Gasteiger partial charge in [-0.3, -0.25) is 0 Å². The first-order chi connectivity index (χ1) is 6.84. The lowest BCUT2D eigenvalue weighted by Gasteiger charge is -2.29. The fraction of sp³-hybridized carbons (Fsp3) is 1.00. The van der Waals surface area contributed by atoms with Gasteiger partial charge < -0.3 is 9.84 Å². The highest BCUT2D eigenvalue weighted by Gasteiger charge is 2.61. The Morgan fingerprint density at radius 1 is 0.929 bits per heavy atom. The molecule has 0 aromatic rings. The molecule has 7 atom stereocenters. The van der Waals surface area contributed by atoms with Gasteiger partial charge >= 0.3 is 0 Å². The number of hydrogen-bond acceptors (Lipinski definition) is 2. The first-order valence-electron chi connectivity index (χ1n) is 6.18. The molecule has 2 nitrogen and oxygen atoms in total. The Balaban J connectivity index is 1.73. The molecular formula is C12H18O2. The summed E-state index contributed by atoms with van der Waals surface area (Å²) >= 11 is 0. The van der Waals surface area contributed by atoms with E-state index in [1.54, 1.807) is 0 Å². The van der Waals surface area contributed by atoms with Crippen LogP contribution in [-0.2, 0) is 4.74 Å². The maximum Gasteiger partial charge on any atom is 0.0872 e. The van der Waals surface area contributed by atoms with Crippen molar-refractivity contribution in [2.24, 2.45) is 23.7 Å². The van der Waals surface area contributed by atoms with Gasteiger partial charge in [-0.25, -0.2) is 0 Å². The van der Waals surface area contributed by atoms with E-state index in [-0.39, 0.29) is 12.2 Å². The molecule has 4 aliphatic rings. The molecule has 1 N–H and O–H groups in total. The van der Waals surface area contributed by atoms with Crippen LogP contribution >= 0.6 is 0 Å². The zero-order valence-corrected chi connectivity index (χ0v) is 8.43. The number of fused-ring (bicyclic) bond motifs is 9. The lowest BCUT2D eigenvalue weighted by molar-refractivity contribution is -0.0937. The van der Waals surface area contributed by atoms with Gasteiger partial charge in [-0.1, -0.05) is 0 Å². The van der Waals surface area contributed by atoms with Crippen LogP contribution < -0.4 is 0 Å². The molecule has 4 rings (SSSR count). The Kier molecular flexibility index (Phi) is 1.47. The number of rotatable bonds is 0. The van der Waals surface area contributed by atoms with Crippen LogP contribution in [0.2, 0.25) is 0 Å². The molecule has 0 aromatic carbocycles. The summed E-state index contributed by atoms with van der Waals surface area (Å²) < 4.78 is 6.01. The van der Waals surface area contributed by atoms with Crippen molar-refractivity contribution in [2.75, 3.05) is 0 Å². The predicted octanol–water partition coefficient (Wildman–Crippen LogP) is 1.57. The summed E-state index contributed by atoms with van der Waals surface area (Å²) in [6.07, 6.45) is 6.97. The Labute approximate surface area is 84.6 Å². The largest absolute Gasteiger partial charge is 0.390 e. The molecule has 78 valence electrons. The zero-order chi connectivity index (χ0) is 9.28. The maximum atomic E-state index is 9.95. The number of hydrogen-bond donors (Lipinski definition) is 1. The molecule has 2 saturated heterocycles. The second-order valence-electron chi connectivity index (χ2n) is 5.77. The predicted molar refractivity (Wildman–Crippen MR) is 51.7 cm³/mol. The van der Waals surface area contributed by atoms with Crippen molar-refractivity contribution < 1.29 is 9.84 Å². The molecule has 0 amide bonds. The molecule has 14 heavy (non-hydrogen) atoms. The van der Waals surface area contributed by atoms with Gasteiger partial charge in [0.15, 0.2) is 0 Å². The van der Waals surface area contributed by atoms with Crippen molar-refractivity contribution in [3.63, 3.8) is 0 Å². The molecule has 4 bridgehead atoms. The van der Waals surface area contributed by atoms with Crippen molar-refractivity contribution >= 4 is 0 Å². The fourth-order valence-electron chi connectivity index (χ4n) is 4.91. The average Bonchev–Trinajstić information content (AvgIpc) is 2.85. The highest BCUT2D eigenvalue weighted by molar-refractivity contribution is 5.09. The van der Waals surface area contributed by atoms with E-state index in [1.165, 1.54) is 19.3 Å². The average molecular weight is 194 g/mol. The monoisotopic (exact) mass is 194 g/mol. The molecule has 0 unspecified atom stereocenters. The van der Waals surface area contributed by atoms with Gasteiger partial charge in [0.25, 0.3) is 0 Å². The Bertz CT molecular complexity index is 265. The van der Waals surface area contributed by atoms with Crippen LogP contribution in [0.3, 0.4) is 0 Å². The molecule has 2 saturated carbocycles. The van der Waals surface area contributed by atoms with E-state index in [4.69, 9.17) is 4.74 Å². The van der Waals surface area contributed by atoms with Crippen LogP contribution in [0, 0.1) is 23.7 Å². The SMILES string of the molecule is O[C@H]1CC[C@@H]2O[C@H]1[C@H]1[C@@H]3CC[C@@H](C3)[C@H]12. The van der Waals surface area contributed by atoms with Crippen LogP contribution in [0.4, 0.5) is 0 Å². The maximum absolute atomic E-state index is 9.95. The topological polar surface area (TPSA) is 29.5 Å². The number of aliphatic hydroxyl groups excluding tert-OH is 1. The first kappa shape index (κ1) is 8.12. The minimum Gasteiger partial charge on any atom is -0.390 e. The van der Waals surface area contributed by atoms with Gasteiger partial charge in [-0.15, -0.1) is 0 Å². The third-order valence-electron chi connectivity index (χ3n) is 5.31. The van der Waals surface area contributed by atoms with E-state index in [9.17, 15) is 5.11 Å². The van der Waals surface area contributed by atoms with Crippen LogP contribution in [0.25, 0.3) is 0 Å². The van der Waals surface area contributed by atoms with Crippen molar-refractivity contribution in [3.8, 4) is 0 Å². The first-order valence-corrected chi connectivity index (χ1v) is 6.18. The van der Waals surface area contributed by atoms with Crippen LogP contribution in [-0.4, -0.2) is 23.4 Å². The summed E-state index contributed by atoms with van der Waals surface area (Å²) in [6.45, 7) is 0. The Hall–Kier alpha value is -0.0800. The lowest BCUT2D eigenvalue weighted by Crippen LogP contribution is -2.36. The minimum atomic E-state index is -0.152. The molecule has 2 heteroatoms. The van der Waals surface area contributed by atoms with Gasteiger partial charge in [0, 0.05) is 0 Å². The van der Waals surface area contributed by atoms with E-state index >= 15 is 0 Å². The van der Waals surface area contributed by atoms with E-state index in [0.29, 0.717) is 6.10 Å². The molecule has 2 aliphatic carbocycles. The van der Waals surface area contributed by atoms with Crippen molar-refractivity contribution in [2.45, 2.75) is 50.4 Å². The summed E-state index contributed by atoms with van der Waals surface area (Å²) in [6, 6.07) is 0. The molecule has 4 fully saturated rings. The minimum absolute atomic E-state index is 0.152. The van der Waals surface area contributed by atoms with Crippen LogP contribution in [0.1, 0.15) is 32.1 Å². The smallest absolute Gasteiger partial charge is 0.0872 e. The second kappa shape index (κ2) is 2.53. The van der Waals surface area contributed by atoms with Gasteiger partial charge in [-0.05, 0) is 55.8 Å². The molecule has 2 heterocycles. The normalized spacial score (nSPS) is 64.5. The van der Waals surface area contributed by atoms with Gasteiger partial charge in [0.05, 0.1) is 18.3 Å². The highest BCUT2D eigenvalue weighted by Crippen LogP contribution is 2.61. The Morgan fingerprint density at radius 3 is 2.57 bits per heavy atom. The van der Waals surface area contributed by atoms with Gasteiger partial charge in [-0.2, -0.15) is 0 Å². The zero-order valence-electron chi connectivity index (χ0n) is 8.43. The summed E-state index contributed by atoms with van der Waals surface area (Å²) in [5, 5.41) is 9.95. The van der Waals surface area contributed by atoms with E-state index in [0.717, 1.165) is 36.5 Å². The lowest BCUT2D eigenvalue weighted by atomic mass is 9.76. The van der Waals surface area contributed by atoms with E-state index in [2.05, 4.69) is 0 Å². The van der Waals surface area contributed by atoms with Crippen molar-refractivity contribution in [3.05, 3.63) is 0 Å².